The molecule has 2 unspecified atom stereocenters. The molecule has 2 N–H and O–H groups in total. The molecule has 4 heterocycles. The Morgan fingerprint density at radius 1 is 0.474 bits per heavy atom. The van der Waals surface area contributed by atoms with Crippen molar-refractivity contribution in [3.8, 4) is 16.8 Å². The predicted octanol–water partition coefficient (Wildman–Crippen LogP) is 13.1. The van der Waals surface area contributed by atoms with Gasteiger partial charge in [0.2, 0.25) is 0 Å². The number of furan rings is 1. The summed E-state index contributed by atoms with van der Waals surface area (Å²) < 4.78 is 11.5. The number of aliphatic imine (C=N–C) groups is 1. The largest absolute Gasteiger partial charge is 0.456 e. The van der Waals surface area contributed by atoms with Gasteiger partial charge in [-0.1, -0.05) is 121 Å². The second-order valence-electron chi connectivity index (χ2n) is 14.8. The maximum absolute atomic E-state index is 6.63. The molecule has 0 spiro atoms. The lowest BCUT2D eigenvalue weighted by molar-refractivity contribution is 0.409. The normalized spacial score (nSPS) is 15.9. The SMILES string of the molecule is c1ccc(C2=NC(c3ccccc3)NC(c3ccc4c(c3)sc3ccc(-c5ccc6c(c5)oc5cc(-n7c8ccccc8c8ccccc87)ccc56)cc34)N2)cc1. The third-order valence-electron chi connectivity index (χ3n) is 11.5. The smallest absolute Gasteiger partial charge is 0.137 e. The van der Waals surface area contributed by atoms with Crippen molar-refractivity contribution in [2.24, 2.45) is 4.99 Å². The summed E-state index contributed by atoms with van der Waals surface area (Å²) in [4.78, 5) is 5.09. The average molecular weight is 751 g/mol. The Bertz CT molecular complexity index is 3320. The van der Waals surface area contributed by atoms with Crippen molar-refractivity contribution in [2.45, 2.75) is 12.3 Å². The summed E-state index contributed by atoms with van der Waals surface area (Å²) in [5.74, 6) is 0.888. The summed E-state index contributed by atoms with van der Waals surface area (Å²) in [6.07, 6.45) is -0.277. The van der Waals surface area contributed by atoms with E-state index in [0.29, 0.717) is 0 Å². The first-order valence-electron chi connectivity index (χ1n) is 19.3. The molecule has 5 nitrogen and oxygen atoms in total. The highest BCUT2D eigenvalue weighted by Crippen LogP contribution is 2.40. The van der Waals surface area contributed by atoms with Crippen LogP contribution in [0.4, 0.5) is 0 Å². The number of nitrogens with one attached hydrogen (secondary N) is 2. The molecule has 6 heteroatoms. The molecule has 12 rings (SSSR count). The molecule has 57 heavy (non-hydrogen) atoms. The fourth-order valence-electron chi connectivity index (χ4n) is 8.72. The van der Waals surface area contributed by atoms with Gasteiger partial charge in [-0.2, -0.15) is 0 Å². The van der Waals surface area contributed by atoms with Crippen molar-refractivity contribution in [3.63, 3.8) is 0 Å². The van der Waals surface area contributed by atoms with Gasteiger partial charge < -0.3 is 14.3 Å². The number of hydrogen-bond donors (Lipinski definition) is 2. The zero-order valence-corrected chi connectivity index (χ0v) is 31.5. The van der Waals surface area contributed by atoms with E-state index in [0.717, 1.165) is 50.2 Å². The number of amidine groups is 1. The van der Waals surface area contributed by atoms with Crippen LogP contribution >= 0.6 is 11.3 Å². The van der Waals surface area contributed by atoms with Gasteiger partial charge in [-0.05, 0) is 76.9 Å². The summed E-state index contributed by atoms with van der Waals surface area (Å²) in [6.45, 7) is 0. The monoisotopic (exact) mass is 750 g/mol. The first kappa shape index (κ1) is 32.3. The van der Waals surface area contributed by atoms with E-state index >= 15 is 0 Å². The predicted molar refractivity (Wildman–Crippen MR) is 238 cm³/mol. The van der Waals surface area contributed by atoms with Gasteiger partial charge in [-0.15, -0.1) is 11.3 Å². The van der Waals surface area contributed by atoms with E-state index in [2.05, 4.69) is 185 Å². The van der Waals surface area contributed by atoms with Crippen LogP contribution in [0.2, 0.25) is 0 Å². The molecule has 0 fully saturated rings. The minimum absolute atomic E-state index is 0.110. The molecule has 11 aromatic rings. The number of fused-ring (bicyclic) bond motifs is 9. The lowest BCUT2D eigenvalue weighted by Crippen LogP contribution is -2.44. The van der Waals surface area contributed by atoms with E-state index in [1.165, 1.54) is 53.1 Å². The Balaban J connectivity index is 0.888. The van der Waals surface area contributed by atoms with E-state index in [1.807, 2.05) is 23.5 Å². The zero-order valence-electron chi connectivity index (χ0n) is 30.7. The van der Waals surface area contributed by atoms with Crippen molar-refractivity contribution in [1.29, 1.82) is 0 Å². The molecule has 1 aliphatic rings. The van der Waals surface area contributed by atoms with E-state index < -0.39 is 0 Å². The van der Waals surface area contributed by atoms with Crippen LogP contribution < -0.4 is 10.6 Å². The Morgan fingerprint density at radius 3 is 1.91 bits per heavy atom. The molecule has 0 aliphatic carbocycles. The van der Waals surface area contributed by atoms with Crippen molar-refractivity contribution < 1.29 is 4.42 Å². The minimum atomic E-state index is -0.167. The fraction of sp³-hybridized carbons (Fsp3) is 0.0392. The number of para-hydroxylation sites is 2. The maximum Gasteiger partial charge on any atom is 0.137 e. The minimum Gasteiger partial charge on any atom is -0.456 e. The van der Waals surface area contributed by atoms with Crippen LogP contribution in [-0.2, 0) is 0 Å². The van der Waals surface area contributed by atoms with E-state index in [-0.39, 0.29) is 12.3 Å². The second kappa shape index (κ2) is 12.8. The second-order valence-corrected chi connectivity index (χ2v) is 15.9. The van der Waals surface area contributed by atoms with Crippen molar-refractivity contribution in [1.82, 2.24) is 15.2 Å². The van der Waals surface area contributed by atoms with Crippen LogP contribution in [0, 0.1) is 0 Å². The van der Waals surface area contributed by atoms with Gasteiger partial charge in [0, 0.05) is 59.0 Å². The molecule has 8 aromatic carbocycles. The number of benzene rings is 8. The molecule has 0 saturated heterocycles. The quantitative estimate of drug-likeness (QED) is 0.184. The number of nitrogens with zero attached hydrogens (tertiary/aromatic N) is 2. The highest BCUT2D eigenvalue weighted by Gasteiger charge is 2.26. The van der Waals surface area contributed by atoms with Crippen LogP contribution in [0.25, 0.3) is 80.7 Å². The summed E-state index contributed by atoms with van der Waals surface area (Å²) in [6, 6.07) is 65.0. The Morgan fingerprint density at radius 2 is 1.12 bits per heavy atom. The van der Waals surface area contributed by atoms with Gasteiger partial charge in [0.15, 0.2) is 0 Å². The van der Waals surface area contributed by atoms with Gasteiger partial charge in [-0.25, -0.2) is 4.99 Å². The summed E-state index contributed by atoms with van der Waals surface area (Å²) in [7, 11) is 0. The maximum atomic E-state index is 6.63. The molecule has 270 valence electrons. The third kappa shape index (κ3) is 5.30. The van der Waals surface area contributed by atoms with E-state index in [4.69, 9.17) is 9.41 Å². The molecule has 3 aromatic heterocycles. The van der Waals surface area contributed by atoms with Gasteiger partial charge >= 0.3 is 0 Å². The molecule has 2 atom stereocenters. The Hall–Kier alpha value is -6.99. The van der Waals surface area contributed by atoms with Crippen LogP contribution in [-0.4, -0.2) is 10.4 Å². The van der Waals surface area contributed by atoms with Gasteiger partial charge in [0.1, 0.15) is 29.3 Å². The molecular formula is C51H34N4OS. The number of aromatic nitrogens is 1. The highest BCUT2D eigenvalue weighted by molar-refractivity contribution is 7.25. The van der Waals surface area contributed by atoms with Gasteiger partial charge in [-0.3, -0.25) is 5.32 Å². The van der Waals surface area contributed by atoms with Crippen molar-refractivity contribution >= 4 is 81.1 Å². The molecule has 0 bridgehead atoms. The van der Waals surface area contributed by atoms with Crippen LogP contribution in [0.5, 0.6) is 0 Å². The summed E-state index contributed by atoms with van der Waals surface area (Å²) >= 11 is 1.84. The fourth-order valence-corrected chi connectivity index (χ4v) is 9.85. The van der Waals surface area contributed by atoms with Crippen LogP contribution in [0.1, 0.15) is 29.0 Å². The van der Waals surface area contributed by atoms with E-state index in [9.17, 15) is 0 Å². The number of rotatable bonds is 5. The zero-order chi connectivity index (χ0) is 37.5. The molecule has 1 aliphatic heterocycles. The van der Waals surface area contributed by atoms with E-state index in [1.54, 1.807) is 0 Å². The lowest BCUT2D eigenvalue weighted by atomic mass is 10.0. The number of hydrogen-bond acceptors (Lipinski definition) is 5. The first-order chi connectivity index (χ1) is 28.2. The highest BCUT2D eigenvalue weighted by atomic mass is 32.1. The standard InChI is InChI=1S/C51H34N4OS/c1-3-11-31(12-4-1)49-52-50(32-13-5-2-6-14-32)54-51(53-49)35-20-24-41-42-27-33(21-26-47(42)57-48(41)29-35)34-19-23-39-40-25-22-36(30-46(40)56-45(39)28-34)55-43-17-9-7-15-37(43)38-16-8-10-18-44(38)55/h1-30,49,51,53H,(H,52,54). The van der Waals surface area contributed by atoms with Gasteiger partial charge in [0.25, 0.3) is 0 Å². The third-order valence-corrected chi connectivity index (χ3v) is 12.6. The Kier molecular flexibility index (Phi) is 7.24. The molecule has 0 radical (unpaired) electrons. The Labute approximate surface area is 332 Å². The molecular weight excluding hydrogens is 717 g/mol. The number of thiophene rings is 1. The summed E-state index contributed by atoms with van der Waals surface area (Å²) in [5.41, 5.74) is 10.9. The average Bonchev–Trinajstić information content (AvgIpc) is 3.95. The first-order valence-corrected chi connectivity index (χ1v) is 20.2. The van der Waals surface area contributed by atoms with Crippen molar-refractivity contribution in [2.75, 3.05) is 0 Å². The summed E-state index contributed by atoms with van der Waals surface area (Å²) in [5, 5.41) is 14.7. The van der Waals surface area contributed by atoms with Crippen LogP contribution in [0.15, 0.2) is 191 Å². The lowest BCUT2D eigenvalue weighted by Gasteiger charge is -2.32. The molecule has 0 amide bonds. The topological polar surface area (TPSA) is 54.5 Å². The van der Waals surface area contributed by atoms with Gasteiger partial charge in [0.05, 0.1) is 11.0 Å². The van der Waals surface area contributed by atoms with Crippen LogP contribution in [0.3, 0.4) is 0 Å². The molecule has 0 saturated carbocycles. The van der Waals surface area contributed by atoms with Crippen molar-refractivity contribution in [3.05, 3.63) is 199 Å².